The van der Waals surface area contributed by atoms with E-state index in [-0.39, 0.29) is 18.1 Å². The summed E-state index contributed by atoms with van der Waals surface area (Å²) in [7, 11) is 0. The third-order valence-corrected chi connectivity index (χ3v) is 5.52. The maximum atomic E-state index is 13.5. The van der Waals surface area contributed by atoms with Crippen molar-refractivity contribution in [3.05, 3.63) is 112 Å². The van der Waals surface area contributed by atoms with Gasteiger partial charge in [-0.2, -0.15) is 0 Å². The van der Waals surface area contributed by atoms with Gasteiger partial charge in [-0.15, -0.1) is 0 Å². The Bertz CT molecular complexity index is 1090. The van der Waals surface area contributed by atoms with E-state index in [1.54, 1.807) is 23.1 Å². The summed E-state index contributed by atoms with van der Waals surface area (Å²) in [6, 6.07) is 20.3. The highest BCUT2D eigenvalue weighted by Crippen LogP contribution is 2.44. The van der Waals surface area contributed by atoms with Crippen molar-refractivity contribution in [1.82, 2.24) is 4.90 Å². The van der Waals surface area contributed by atoms with Crippen LogP contribution in [-0.2, 0) is 11.3 Å². The second kappa shape index (κ2) is 7.72. The number of aliphatic hydroxyl groups excluding tert-OH is 1. The number of hydrogen-bond acceptors (Lipinski definition) is 2. The summed E-state index contributed by atoms with van der Waals surface area (Å²) in [5, 5.41) is 11.3. The molecule has 1 N–H and O–H groups in total. The first-order chi connectivity index (χ1) is 14.0. The molecule has 5 heteroatoms. The summed E-state index contributed by atoms with van der Waals surface area (Å²) in [5.41, 5.74) is 3.81. The molecule has 0 bridgehead atoms. The van der Waals surface area contributed by atoms with E-state index in [2.05, 4.69) is 0 Å². The fourth-order valence-corrected chi connectivity index (χ4v) is 3.84. The number of benzene rings is 3. The van der Waals surface area contributed by atoms with Crippen LogP contribution < -0.4 is 0 Å². The maximum absolute atomic E-state index is 13.5. The van der Waals surface area contributed by atoms with E-state index >= 15 is 0 Å². The molecule has 0 radical (unpaired) electrons. The third kappa shape index (κ3) is 3.64. The summed E-state index contributed by atoms with van der Waals surface area (Å²) in [4.78, 5) is 14.6. The molecule has 3 aromatic carbocycles. The largest absolute Gasteiger partial charge is 0.503 e. The zero-order chi connectivity index (χ0) is 20.5. The van der Waals surface area contributed by atoms with Crippen molar-refractivity contribution in [3.8, 4) is 0 Å². The Hall–Kier alpha value is -3.11. The van der Waals surface area contributed by atoms with Crippen molar-refractivity contribution in [2.45, 2.75) is 19.5 Å². The molecular formula is C24H19ClFNO2. The predicted molar refractivity (Wildman–Crippen MR) is 112 cm³/mol. The summed E-state index contributed by atoms with van der Waals surface area (Å²) in [5.74, 6) is -1.13. The highest BCUT2D eigenvalue weighted by atomic mass is 35.5. The zero-order valence-electron chi connectivity index (χ0n) is 15.8. The standard InChI is InChI=1S/C24H19ClFNO2/c1-15-6-8-16(9-7-15)21-22(17-10-12-19(26)13-11-17)27(24(29)23(21)28)14-18-4-2-3-5-20(18)25/h2-13,22,28H,14H2,1H3/t22-/m1/s1. The second-order valence-electron chi connectivity index (χ2n) is 7.11. The number of rotatable bonds is 4. The van der Waals surface area contributed by atoms with Crippen molar-refractivity contribution < 1.29 is 14.3 Å². The SMILES string of the molecule is Cc1ccc(C2=C(O)C(=O)N(Cc3ccccc3Cl)[C@@H]2c2ccc(F)cc2)cc1. The lowest BCUT2D eigenvalue weighted by atomic mass is 9.93. The predicted octanol–water partition coefficient (Wildman–Crippen LogP) is 5.84. The van der Waals surface area contributed by atoms with Crippen LogP contribution in [-0.4, -0.2) is 15.9 Å². The van der Waals surface area contributed by atoms with E-state index in [1.165, 1.54) is 12.1 Å². The molecule has 1 heterocycles. The molecule has 1 amide bonds. The van der Waals surface area contributed by atoms with Gasteiger partial charge in [-0.25, -0.2) is 4.39 Å². The molecular weight excluding hydrogens is 389 g/mol. The fourth-order valence-electron chi connectivity index (χ4n) is 3.65. The van der Waals surface area contributed by atoms with E-state index in [4.69, 9.17) is 11.6 Å². The molecule has 4 rings (SSSR count). The zero-order valence-corrected chi connectivity index (χ0v) is 16.5. The molecule has 3 nitrogen and oxygen atoms in total. The van der Waals surface area contributed by atoms with Crippen molar-refractivity contribution in [3.63, 3.8) is 0 Å². The second-order valence-corrected chi connectivity index (χ2v) is 7.51. The molecule has 1 atom stereocenters. The number of aliphatic hydroxyl groups is 1. The summed E-state index contributed by atoms with van der Waals surface area (Å²) >= 11 is 6.31. The Kier molecular flexibility index (Phi) is 5.12. The molecule has 0 spiro atoms. The van der Waals surface area contributed by atoms with Crippen LogP contribution in [0.3, 0.4) is 0 Å². The topological polar surface area (TPSA) is 40.5 Å². The minimum Gasteiger partial charge on any atom is -0.503 e. The van der Waals surface area contributed by atoms with E-state index < -0.39 is 11.9 Å². The molecule has 0 unspecified atom stereocenters. The van der Waals surface area contributed by atoms with Gasteiger partial charge in [0.25, 0.3) is 5.91 Å². The van der Waals surface area contributed by atoms with Gasteiger partial charge in [-0.1, -0.05) is 71.8 Å². The Morgan fingerprint density at radius 1 is 1.00 bits per heavy atom. The average molecular weight is 408 g/mol. The van der Waals surface area contributed by atoms with Crippen LogP contribution in [0.4, 0.5) is 4.39 Å². The first-order valence-corrected chi connectivity index (χ1v) is 9.63. The smallest absolute Gasteiger partial charge is 0.290 e. The molecule has 1 aliphatic heterocycles. The lowest BCUT2D eigenvalue weighted by Crippen LogP contribution is -2.30. The molecule has 3 aromatic rings. The van der Waals surface area contributed by atoms with E-state index in [0.717, 1.165) is 16.7 Å². The summed E-state index contributed by atoms with van der Waals surface area (Å²) < 4.78 is 13.5. The third-order valence-electron chi connectivity index (χ3n) is 5.15. The molecule has 0 fully saturated rings. The number of halogens is 2. The lowest BCUT2D eigenvalue weighted by Gasteiger charge is -2.28. The van der Waals surface area contributed by atoms with Crippen LogP contribution in [0.15, 0.2) is 78.6 Å². The van der Waals surface area contributed by atoms with E-state index in [0.29, 0.717) is 16.2 Å². The molecule has 1 aliphatic rings. The highest BCUT2D eigenvalue weighted by molar-refractivity contribution is 6.31. The minimum absolute atomic E-state index is 0.222. The Balaban J connectivity index is 1.83. The van der Waals surface area contributed by atoms with Crippen molar-refractivity contribution in [2.24, 2.45) is 0 Å². The molecule has 0 aliphatic carbocycles. The molecule has 29 heavy (non-hydrogen) atoms. The Morgan fingerprint density at radius 2 is 1.66 bits per heavy atom. The normalized spacial score (nSPS) is 16.6. The Morgan fingerprint density at radius 3 is 2.31 bits per heavy atom. The van der Waals surface area contributed by atoms with Gasteiger partial charge in [0.05, 0.1) is 6.04 Å². The van der Waals surface area contributed by atoms with Gasteiger partial charge < -0.3 is 10.0 Å². The lowest BCUT2D eigenvalue weighted by molar-refractivity contribution is -0.130. The summed E-state index contributed by atoms with van der Waals surface area (Å²) in [6.07, 6.45) is 0. The van der Waals surface area contributed by atoms with E-state index in [1.807, 2.05) is 49.4 Å². The molecule has 0 saturated heterocycles. The van der Waals surface area contributed by atoms with Crippen molar-refractivity contribution >= 4 is 23.1 Å². The van der Waals surface area contributed by atoms with Gasteiger partial charge in [-0.3, -0.25) is 4.79 Å². The van der Waals surface area contributed by atoms with Crippen LogP contribution in [0.5, 0.6) is 0 Å². The first kappa shape index (κ1) is 19.2. The minimum atomic E-state index is -0.554. The number of carbonyl (C=O) groups excluding carboxylic acids is 1. The monoisotopic (exact) mass is 407 g/mol. The maximum Gasteiger partial charge on any atom is 0.290 e. The van der Waals surface area contributed by atoms with Gasteiger partial charge in [0, 0.05) is 17.1 Å². The van der Waals surface area contributed by atoms with Crippen molar-refractivity contribution in [1.29, 1.82) is 0 Å². The Labute approximate surface area is 173 Å². The van der Waals surface area contributed by atoms with Crippen LogP contribution in [0, 0.1) is 12.7 Å². The van der Waals surface area contributed by atoms with Gasteiger partial charge in [0.15, 0.2) is 5.76 Å². The van der Waals surface area contributed by atoms with Gasteiger partial charge in [-0.05, 0) is 41.8 Å². The average Bonchev–Trinajstić information content (AvgIpc) is 2.96. The number of hydrogen-bond donors (Lipinski definition) is 1. The number of amides is 1. The van der Waals surface area contributed by atoms with Crippen LogP contribution in [0.1, 0.15) is 28.3 Å². The quantitative estimate of drug-likeness (QED) is 0.590. The van der Waals surface area contributed by atoms with E-state index in [9.17, 15) is 14.3 Å². The molecule has 146 valence electrons. The van der Waals surface area contributed by atoms with Crippen molar-refractivity contribution in [2.75, 3.05) is 0 Å². The number of nitrogens with zero attached hydrogens (tertiary/aromatic N) is 1. The van der Waals surface area contributed by atoms with Gasteiger partial charge in [0.2, 0.25) is 0 Å². The van der Waals surface area contributed by atoms with Gasteiger partial charge >= 0.3 is 0 Å². The highest BCUT2D eigenvalue weighted by Gasteiger charge is 2.41. The molecule has 0 saturated carbocycles. The fraction of sp³-hybridized carbons (Fsp3) is 0.125. The number of carbonyl (C=O) groups is 1. The van der Waals surface area contributed by atoms with Crippen LogP contribution >= 0.6 is 11.6 Å². The summed E-state index contributed by atoms with van der Waals surface area (Å²) in [6.45, 7) is 2.19. The van der Waals surface area contributed by atoms with Crippen LogP contribution in [0.2, 0.25) is 5.02 Å². The van der Waals surface area contributed by atoms with Gasteiger partial charge in [0.1, 0.15) is 5.82 Å². The molecule has 0 aromatic heterocycles. The number of aryl methyl sites for hydroxylation is 1. The van der Waals surface area contributed by atoms with Crippen LogP contribution in [0.25, 0.3) is 5.57 Å². The first-order valence-electron chi connectivity index (χ1n) is 9.25.